The van der Waals surface area contributed by atoms with Crippen molar-refractivity contribution in [3.05, 3.63) is 28.5 Å². The highest BCUT2D eigenvalue weighted by Gasteiger charge is 2.24. The Morgan fingerprint density at radius 1 is 1.38 bits per heavy atom. The van der Waals surface area contributed by atoms with Crippen LogP contribution in [-0.2, 0) is 21.3 Å². The van der Waals surface area contributed by atoms with E-state index in [2.05, 4.69) is 10.0 Å². The fourth-order valence-corrected chi connectivity index (χ4v) is 3.74. The molecule has 0 aromatic heterocycles. The molecule has 0 saturated carbocycles. The molecule has 1 heterocycles. The van der Waals surface area contributed by atoms with Gasteiger partial charge in [-0.05, 0) is 37.6 Å². The molecular weight excluding hydrogens is 319 g/mol. The third-order valence-electron chi connectivity index (χ3n) is 3.30. The van der Waals surface area contributed by atoms with E-state index in [-0.39, 0.29) is 22.5 Å². The van der Waals surface area contributed by atoms with Crippen molar-refractivity contribution in [2.24, 2.45) is 0 Å². The molecule has 0 bridgehead atoms. The average molecular weight is 337 g/mol. The number of halogens is 2. The van der Waals surface area contributed by atoms with Crippen LogP contribution in [0.25, 0.3) is 0 Å². The molecule has 21 heavy (non-hydrogen) atoms. The normalized spacial score (nSPS) is 17.1. The van der Waals surface area contributed by atoms with Crippen LogP contribution in [0, 0.1) is 5.82 Å². The van der Waals surface area contributed by atoms with Gasteiger partial charge in [-0.1, -0.05) is 11.6 Å². The Balaban J connectivity index is 2.26. The maximum absolute atomic E-state index is 13.8. The maximum Gasteiger partial charge on any atom is 0.240 e. The zero-order valence-electron chi connectivity index (χ0n) is 11.7. The minimum Gasteiger partial charge on any atom is -0.381 e. The summed E-state index contributed by atoms with van der Waals surface area (Å²) in [6, 6.07) is 2.16. The highest BCUT2D eigenvalue weighted by molar-refractivity contribution is 7.89. The van der Waals surface area contributed by atoms with E-state index in [1.807, 2.05) is 0 Å². The lowest BCUT2D eigenvalue weighted by Gasteiger charge is -2.23. The van der Waals surface area contributed by atoms with E-state index in [1.54, 1.807) is 7.05 Å². The Hall–Kier alpha value is -0.730. The van der Waals surface area contributed by atoms with Gasteiger partial charge < -0.3 is 10.1 Å². The summed E-state index contributed by atoms with van der Waals surface area (Å²) in [5.41, 5.74) is 0.409. The standard InChI is InChI=1S/C13H18ClFN2O3S/c1-16-8-9-6-11(7-12(15)13(9)14)21(18,19)17-10-2-4-20-5-3-10/h6-7,10,16-17H,2-5,8H2,1H3. The second kappa shape index (κ2) is 7.02. The molecule has 1 aromatic carbocycles. The number of hydrogen-bond acceptors (Lipinski definition) is 4. The topological polar surface area (TPSA) is 67.4 Å². The third-order valence-corrected chi connectivity index (χ3v) is 5.22. The van der Waals surface area contributed by atoms with Gasteiger partial charge >= 0.3 is 0 Å². The zero-order chi connectivity index (χ0) is 15.5. The SMILES string of the molecule is CNCc1cc(S(=O)(=O)NC2CCOCC2)cc(F)c1Cl. The lowest BCUT2D eigenvalue weighted by atomic mass is 10.1. The number of sulfonamides is 1. The Bertz CT molecular complexity index is 604. The van der Waals surface area contributed by atoms with E-state index in [9.17, 15) is 12.8 Å². The first-order valence-corrected chi connectivity index (χ1v) is 8.53. The quantitative estimate of drug-likeness (QED) is 0.858. The van der Waals surface area contributed by atoms with Crippen molar-refractivity contribution in [2.75, 3.05) is 20.3 Å². The molecule has 0 aliphatic carbocycles. The molecule has 1 aromatic rings. The van der Waals surface area contributed by atoms with Gasteiger partial charge in [-0.25, -0.2) is 17.5 Å². The van der Waals surface area contributed by atoms with Crippen molar-refractivity contribution in [1.82, 2.24) is 10.0 Å². The van der Waals surface area contributed by atoms with Gasteiger partial charge in [0, 0.05) is 25.8 Å². The minimum absolute atomic E-state index is 0.0608. The van der Waals surface area contributed by atoms with Crippen LogP contribution in [0.2, 0.25) is 5.02 Å². The van der Waals surface area contributed by atoms with Gasteiger partial charge in [-0.2, -0.15) is 0 Å². The predicted octanol–water partition coefficient (Wildman–Crippen LogP) is 1.66. The van der Waals surface area contributed by atoms with Gasteiger partial charge in [0.05, 0.1) is 9.92 Å². The van der Waals surface area contributed by atoms with E-state index in [4.69, 9.17) is 16.3 Å². The van der Waals surface area contributed by atoms with Crippen molar-refractivity contribution in [2.45, 2.75) is 30.3 Å². The first-order chi connectivity index (χ1) is 9.94. The highest BCUT2D eigenvalue weighted by atomic mass is 35.5. The highest BCUT2D eigenvalue weighted by Crippen LogP contribution is 2.25. The number of benzene rings is 1. The molecule has 1 fully saturated rings. The van der Waals surface area contributed by atoms with Gasteiger partial charge in [0.25, 0.3) is 0 Å². The molecule has 0 amide bonds. The second-order valence-electron chi connectivity index (χ2n) is 4.92. The fourth-order valence-electron chi connectivity index (χ4n) is 2.20. The lowest BCUT2D eigenvalue weighted by molar-refractivity contribution is 0.0832. The molecule has 2 rings (SSSR count). The largest absolute Gasteiger partial charge is 0.381 e. The third kappa shape index (κ3) is 4.14. The minimum atomic E-state index is -3.77. The van der Waals surface area contributed by atoms with Gasteiger partial charge in [0.15, 0.2) is 0 Å². The van der Waals surface area contributed by atoms with Crippen molar-refractivity contribution in [3.63, 3.8) is 0 Å². The van der Waals surface area contributed by atoms with E-state index in [1.165, 1.54) is 6.07 Å². The number of rotatable bonds is 5. The Kier molecular flexibility index (Phi) is 5.56. The van der Waals surface area contributed by atoms with Crippen LogP contribution < -0.4 is 10.0 Å². The summed E-state index contributed by atoms with van der Waals surface area (Å²) < 4.78 is 46.3. The molecule has 1 aliphatic rings. The second-order valence-corrected chi connectivity index (χ2v) is 7.01. The van der Waals surface area contributed by atoms with E-state index >= 15 is 0 Å². The summed E-state index contributed by atoms with van der Waals surface area (Å²) in [5, 5.41) is 2.77. The maximum atomic E-state index is 13.8. The molecule has 0 atom stereocenters. The van der Waals surface area contributed by atoms with Crippen LogP contribution in [0.1, 0.15) is 18.4 Å². The molecule has 1 aliphatic heterocycles. The van der Waals surface area contributed by atoms with Gasteiger partial charge in [-0.3, -0.25) is 0 Å². The molecular formula is C13H18ClFN2O3S. The first kappa shape index (κ1) is 16.6. The van der Waals surface area contributed by atoms with Crippen LogP contribution in [0.3, 0.4) is 0 Å². The van der Waals surface area contributed by atoms with Crippen molar-refractivity contribution < 1.29 is 17.5 Å². The number of nitrogens with one attached hydrogen (secondary N) is 2. The molecule has 0 radical (unpaired) electrons. The van der Waals surface area contributed by atoms with E-state index in [0.29, 0.717) is 31.6 Å². The summed E-state index contributed by atoms with van der Waals surface area (Å²) in [4.78, 5) is -0.110. The smallest absolute Gasteiger partial charge is 0.240 e. The van der Waals surface area contributed by atoms with Crippen LogP contribution in [0.5, 0.6) is 0 Å². The number of ether oxygens (including phenoxy) is 1. The summed E-state index contributed by atoms with van der Waals surface area (Å²) in [6.45, 7) is 1.33. The first-order valence-electron chi connectivity index (χ1n) is 6.66. The van der Waals surface area contributed by atoms with E-state index in [0.717, 1.165) is 6.07 Å². The van der Waals surface area contributed by atoms with Crippen molar-refractivity contribution in [1.29, 1.82) is 0 Å². The summed E-state index contributed by atoms with van der Waals surface area (Å²) in [6.07, 6.45) is 1.22. The predicted molar refractivity (Wildman–Crippen MR) is 78.3 cm³/mol. The van der Waals surface area contributed by atoms with Crippen LogP contribution in [0.4, 0.5) is 4.39 Å². The summed E-state index contributed by atoms with van der Waals surface area (Å²) >= 11 is 5.84. The summed E-state index contributed by atoms with van der Waals surface area (Å²) in [7, 11) is -2.10. The Labute approximate surface area is 128 Å². The Morgan fingerprint density at radius 3 is 2.67 bits per heavy atom. The van der Waals surface area contributed by atoms with Gasteiger partial charge in [0.2, 0.25) is 10.0 Å². The molecule has 0 unspecified atom stereocenters. The molecule has 5 nitrogen and oxygen atoms in total. The lowest BCUT2D eigenvalue weighted by Crippen LogP contribution is -2.38. The van der Waals surface area contributed by atoms with Crippen molar-refractivity contribution >= 4 is 21.6 Å². The zero-order valence-corrected chi connectivity index (χ0v) is 13.2. The molecule has 0 spiro atoms. The van der Waals surface area contributed by atoms with E-state index < -0.39 is 15.8 Å². The van der Waals surface area contributed by atoms with Crippen LogP contribution in [-0.4, -0.2) is 34.7 Å². The number of hydrogen-bond donors (Lipinski definition) is 2. The molecule has 8 heteroatoms. The summed E-state index contributed by atoms with van der Waals surface area (Å²) in [5.74, 6) is -0.739. The molecule has 2 N–H and O–H groups in total. The van der Waals surface area contributed by atoms with Crippen LogP contribution >= 0.6 is 11.6 Å². The van der Waals surface area contributed by atoms with Crippen LogP contribution in [0.15, 0.2) is 17.0 Å². The van der Waals surface area contributed by atoms with Gasteiger partial charge in [0.1, 0.15) is 5.82 Å². The Morgan fingerprint density at radius 2 is 2.05 bits per heavy atom. The fraction of sp³-hybridized carbons (Fsp3) is 0.538. The average Bonchev–Trinajstić information content (AvgIpc) is 2.44. The monoisotopic (exact) mass is 336 g/mol. The van der Waals surface area contributed by atoms with Crippen molar-refractivity contribution in [3.8, 4) is 0 Å². The molecule has 1 saturated heterocycles. The van der Waals surface area contributed by atoms with Gasteiger partial charge in [-0.15, -0.1) is 0 Å². The molecule has 118 valence electrons.